The van der Waals surface area contributed by atoms with Gasteiger partial charge in [-0.25, -0.2) is 4.98 Å². The third-order valence-corrected chi connectivity index (χ3v) is 6.73. The summed E-state index contributed by atoms with van der Waals surface area (Å²) in [5.74, 6) is 2.42. The summed E-state index contributed by atoms with van der Waals surface area (Å²) in [4.78, 5) is 21.9. The van der Waals surface area contributed by atoms with Crippen LogP contribution in [0.1, 0.15) is 34.8 Å². The fraction of sp³-hybridized carbons (Fsp3) is 0.500. The summed E-state index contributed by atoms with van der Waals surface area (Å²) in [7, 11) is 0. The number of carbonyl (C=O) groups excluding carboxylic acids is 1. The van der Waals surface area contributed by atoms with Crippen LogP contribution in [0.5, 0.6) is 11.5 Å². The van der Waals surface area contributed by atoms with Gasteiger partial charge in [-0.05, 0) is 49.5 Å². The van der Waals surface area contributed by atoms with Gasteiger partial charge in [0.05, 0.1) is 6.04 Å². The Morgan fingerprint density at radius 1 is 1.11 bits per heavy atom. The summed E-state index contributed by atoms with van der Waals surface area (Å²) in [6, 6.07) is 6.81. The number of nitrogens with zero attached hydrogens (tertiary/aromatic N) is 3. The third-order valence-electron chi connectivity index (χ3n) is 6.73. The Morgan fingerprint density at radius 2 is 1.96 bits per heavy atom. The molecule has 4 saturated heterocycles. The number of amides is 1. The number of hydrogen-bond acceptors (Lipinski definition) is 6. The quantitative estimate of drug-likeness (QED) is 0.810. The first kappa shape index (κ1) is 15.5. The van der Waals surface area contributed by atoms with Crippen molar-refractivity contribution < 1.29 is 18.7 Å². The van der Waals surface area contributed by atoms with Gasteiger partial charge in [-0.15, -0.1) is 0 Å². The van der Waals surface area contributed by atoms with Crippen molar-refractivity contribution in [2.75, 3.05) is 26.4 Å². The van der Waals surface area contributed by atoms with Gasteiger partial charge in [0.15, 0.2) is 23.6 Å². The first-order valence-corrected chi connectivity index (χ1v) is 9.62. The highest BCUT2D eigenvalue weighted by molar-refractivity contribution is 5.92. The first-order valence-electron chi connectivity index (χ1n) is 9.62. The van der Waals surface area contributed by atoms with Crippen LogP contribution < -0.4 is 9.47 Å². The largest absolute Gasteiger partial charge is 0.454 e. The molecule has 0 saturated carbocycles. The maximum atomic E-state index is 13.1. The van der Waals surface area contributed by atoms with Gasteiger partial charge in [-0.1, -0.05) is 6.07 Å². The Hall–Kier alpha value is -2.54. The summed E-state index contributed by atoms with van der Waals surface area (Å²) < 4.78 is 16.1. The topological polar surface area (TPSA) is 68.0 Å². The van der Waals surface area contributed by atoms with Crippen LogP contribution in [0.25, 0.3) is 0 Å². The van der Waals surface area contributed by atoms with E-state index in [1.165, 1.54) is 18.2 Å². The molecule has 7 rings (SSSR count). The Kier molecular flexibility index (Phi) is 3.29. The van der Waals surface area contributed by atoms with E-state index in [2.05, 4.69) is 22.0 Å². The number of likely N-dealkylation sites (tertiary alicyclic amines) is 1. The summed E-state index contributed by atoms with van der Waals surface area (Å²) in [6.45, 7) is 3.23. The number of ether oxygens (including phenoxy) is 2. The van der Waals surface area contributed by atoms with Crippen molar-refractivity contribution in [1.82, 2.24) is 14.8 Å². The summed E-state index contributed by atoms with van der Waals surface area (Å²) >= 11 is 0. The molecule has 0 N–H and O–H groups in total. The molecule has 2 bridgehead atoms. The van der Waals surface area contributed by atoms with Crippen molar-refractivity contribution in [1.29, 1.82) is 0 Å². The summed E-state index contributed by atoms with van der Waals surface area (Å²) in [5.41, 5.74) is 1.62. The molecule has 1 aromatic heterocycles. The number of aromatic nitrogens is 1. The zero-order chi connectivity index (χ0) is 18.0. The highest BCUT2D eigenvalue weighted by atomic mass is 16.7. The van der Waals surface area contributed by atoms with Crippen molar-refractivity contribution in [3.05, 3.63) is 42.1 Å². The molecule has 2 aromatic rings. The number of carbonyl (C=O) groups is 1. The average molecular weight is 367 g/mol. The maximum Gasteiger partial charge on any atom is 0.276 e. The SMILES string of the molecule is O=C(c1cocn1)N1C[C@@H](c2ccc3c(c2)OCO3)[C@@H]2[C@H]1C1CCN2CC1. The van der Waals surface area contributed by atoms with Gasteiger partial charge in [0.25, 0.3) is 5.91 Å². The van der Waals surface area contributed by atoms with Crippen molar-refractivity contribution in [3.63, 3.8) is 0 Å². The number of hydrogen-bond donors (Lipinski definition) is 0. The van der Waals surface area contributed by atoms with Gasteiger partial charge < -0.3 is 18.8 Å². The van der Waals surface area contributed by atoms with Crippen molar-refractivity contribution in [2.24, 2.45) is 5.92 Å². The lowest BCUT2D eigenvalue weighted by molar-refractivity contribution is -0.00359. The Morgan fingerprint density at radius 3 is 2.78 bits per heavy atom. The van der Waals surface area contributed by atoms with Crippen LogP contribution in [-0.4, -0.2) is 59.2 Å². The molecule has 0 unspecified atom stereocenters. The summed E-state index contributed by atoms with van der Waals surface area (Å²) in [6.07, 6.45) is 5.11. The molecule has 3 atom stereocenters. The molecule has 7 nitrogen and oxygen atoms in total. The number of fused-ring (bicyclic) bond motifs is 3. The molecule has 4 fully saturated rings. The van der Waals surface area contributed by atoms with Crippen LogP contribution in [0.2, 0.25) is 0 Å². The molecule has 0 radical (unpaired) electrons. The number of oxazole rings is 1. The molecule has 1 aromatic carbocycles. The number of benzene rings is 1. The van der Waals surface area contributed by atoms with Gasteiger partial charge in [0.1, 0.15) is 6.26 Å². The predicted octanol–water partition coefficient (Wildman–Crippen LogP) is 2.11. The zero-order valence-electron chi connectivity index (χ0n) is 14.9. The molecule has 27 heavy (non-hydrogen) atoms. The van der Waals surface area contributed by atoms with Crippen molar-refractivity contribution in [2.45, 2.75) is 30.8 Å². The monoisotopic (exact) mass is 367 g/mol. The molecular formula is C20H21N3O4. The Labute approximate surface area is 156 Å². The van der Waals surface area contributed by atoms with E-state index in [0.29, 0.717) is 24.2 Å². The minimum absolute atomic E-state index is 0.0178. The van der Waals surface area contributed by atoms with Gasteiger partial charge in [-0.2, -0.15) is 0 Å². The molecule has 0 spiro atoms. The van der Waals surface area contributed by atoms with E-state index in [9.17, 15) is 4.79 Å². The van der Waals surface area contributed by atoms with Crippen LogP contribution in [-0.2, 0) is 0 Å². The molecule has 140 valence electrons. The van der Waals surface area contributed by atoms with Crippen molar-refractivity contribution >= 4 is 5.91 Å². The van der Waals surface area contributed by atoms with Crippen LogP contribution in [0.4, 0.5) is 0 Å². The Bertz CT molecular complexity index is 875. The molecular weight excluding hydrogens is 346 g/mol. The van der Waals surface area contributed by atoms with Crippen molar-refractivity contribution in [3.8, 4) is 11.5 Å². The molecule has 7 heteroatoms. The highest BCUT2D eigenvalue weighted by Gasteiger charge is 2.55. The second kappa shape index (κ2) is 5.73. The van der Waals surface area contributed by atoms with Crippen LogP contribution in [0, 0.1) is 5.92 Å². The lowest BCUT2D eigenvalue weighted by atomic mass is 9.75. The van der Waals surface area contributed by atoms with E-state index in [-0.39, 0.29) is 24.7 Å². The number of rotatable bonds is 2. The number of piperidine rings is 3. The maximum absolute atomic E-state index is 13.1. The van der Waals surface area contributed by atoms with Gasteiger partial charge >= 0.3 is 0 Å². The van der Waals surface area contributed by atoms with E-state index in [0.717, 1.165) is 37.4 Å². The molecule has 5 aliphatic rings. The molecule has 0 aliphatic carbocycles. The molecule has 1 amide bonds. The molecule has 5 aliphatic heterocycles. The fourth-order valence-electron chi connectivity index (χ4n) is 5.56. The second-order valence-electron chi connectivity index (χ2n) is 7.90. The van der Waals surface area contributed by atoms with Crippen LogP contribution in [0.15, 0.2) is 35.3 Å². The fourth-order valence-corrected chi connectivity index (χ4v) is 5.56. The molecule has 6 heterocycles. The van der Waals surface area contributed by atoms with Gasteiger partial charge in [0.2, 0.25) is 6.79 Å². The lowest BCUT2D eigenvalue weighted by Crippen LogP contribution is -2.60. The third kappa shape index (κ3) is 2.24. The first-order chi connectivity index (χ1) is 13.3. The van der Waals surface area contributed by atoms with E-state index < -0.39 is 0 Å². The second-order valence-corrected chi connectivity index (χ2v) is 7.90. The van der Waals surface area contributed by atoms with Crippen LogP contribution in [0.3, 0.4) is 0 Å². The van der Waals surface area contributed by atoms with E-state index in [1.54, 1.807) is 0 Å². The van der Waals surface area contributed by atoms with E-state index in [4.69, 9.17) is 13.9 Å². The zero-order valence-corrected chi connectivity index (χ0v) is 14.9. The van der Waals surface area contributed by atoms with E-state index in [1.807, 2.05) is 11.0 Å². The minimum Gasteiger partial charge on any atom is -0.454 e. The summed E-state index contributed by atoms with van der Waals surface area (Å²) in [5, 5.41) is 0. The lowest BCUT2D eigenvalue weighted by Gasteiger charge is -2.51. The average Bonchev–Trinajstić information content (AvgIpc) is 3.47. The Balaban J connectivity index is 1.39. The van der Waals surface area contributed by atoms with Gasteiger partial charge in [0, 0.05) is 18.5 Å². The van der Waals surface area contributed by atoms with Crippen LogP contribution >= 0.6 is 0 Å². The highest BCUT2D eigenvalue weighted by Crippen LogP contribution is 2.48. The predicted molar refractivity (Wildman–Crippen MR) is 94.7 cm³/mol. The minimum atomic E-state index is -0.0178. The standard InChI is InChI=1S/C20H21N3O4/c24-20(15-9-25-10-21-15)23-8-14(13-1-2-16-17(7-13)27-11-26-16)19-18(23)12-3-5-22(19)6-4-12/h1-2,7,9-10,12,14,18-19H,3-6,8,11H2/t14-,18+,19+/m0/s1. The van der Waals surface area contributed by atoms with Gasteiger partial charge in [-0.3, -0.25) is 9.69 Å². The van der Waals surface area contributed by atoms with E-state index >= 15 is 0 Å². The smallest absolute Gasteiger partial charge is 0.276 e. The normalized spacial score (nSPS) is 33.3.